The molecule has 0 aliphatic rings. The Kier molecular flexibility index (Phi) is 3.09. The van der Waals surface area contributed by atoms with E-state index in [0.717, 1.165) is 11.0 Å². The fourth-order valence-electron chi connectivity index (χ4n) is 1.72. The molecule has 9 nitrogen and oxygen atoms in total. The van der Waals surface area contributed by atoms with Crippen molar-refractivity contribution >= 4 is 17.0 Å². The molecule has 0 saturated heterocycles. The van der Waals surface area contributed by atoms with E-state index in [9.17, 15) is 0 Å². The molecule has 0 atom stereocenters. The van der Waals surface area contributed by atoms with Crippen molar-refractivity contribution in [1.82, 2.24) is 29.9 Å². The molecule has 0 radical (unpaired) electrons. The minimum Gasteiger partial charge on any atom is -0.464 e. The summed E-state index contributed by atoms with van der Waals surface area (Å²) >= 11 is 0. The maximum Gasteiger partial charge on any atom is 0.323 e. The van der Waals surface area contributed by atoms with Crippen molar-refractivity contribution in [2.75, 3.05) is 12.0 Å². The fourth-order valence-corrected chi connectivity index (χ4v) is 1.72. The van der Waals surface area contributed by atoms with Crippen LogP contribution < -0.4 is 16.0 Å². The topological polar surface area (TPSA) is 117 Å². The number of ether oxygens (including phenoxy) is 1. The Morgan fingerprint density at radius 3 is 2.90 bits per heavy atom. The average molecular weight is 272 g/mol. The Labute approximate surface area is 113 Å². The van der Waals surface area contributed by atoms with Crippen LogP contribution in [0.25, 0.3) is 17.0 Å². The predicted octanol–water partition coefficient (Wildman–Crippen LogP) is 0.290. The number of nitrogens with one attached hydrogen (secondary N) is 1. The second-order valence-corrected chi connectivity index (χ2v) is 3.81. The zero-order chi connectivity index (χ0) is 13.9. The normalized spacial score (nSPS) is 10.7. The number of para-hydroxylation sites is 1. The molecule has 2 heterocycles. The molecule has 0 fully saturated rings. The molecule has 0 amide bonds. The molecular formula is C11H12N8O. The van der Waals surface area contributed by atoms with E-state index in [1.165, 1.54) is 4.68 Å². The zero-order valence-electron chi connectivity index (χ0n) is 10.7. The highest BCUT2D eigenvalue weighted by molar-refractivity contribution is 5.75. The third-order valence-electron chi connectivity index (χ3n) is 2.55. The lowest BCUT2D eigenvalue weighted by molar-refractivity contribution is 0.311. The molecule has 0 saturated carbocycles. The van der Waals surface area contributed by atoms with Gasteiger partial charge in [0, 0.05) is 0 Å². The minimum atomic E-state index is 0.171. The van der Waals surface area contributed by atoms with Crippen molar-refractivity contribution in [2.45, 2.75) is 6.92 Å². The van der Waals surface area contributed by atoms with E-state index in [1.54, 1.807) is 0 Å². The SMILES string of the molecule is CCOc1nc(NN)nc(-n2nnc3ccccc32)n1. The molecule has 102 valence electrons. The van der Waals surface area contributed by atoms with Crippen molar-refractivity contribution in [2.24, 2.45) is 5.84 Å². The van der Waals surface area contributed by atoms with Crippen molar-refractivity contribution in [3.8, 4) is 12.0 Å². The van der Waals surface area contributed by atoms with Crippen LogP contribution in [0.2, 0.25) is 0 Å². The van der Waals surface area contributed by atoms with Gasteiger partial charge < -0.3 is 4.74 Å². The second-order valence-electron chi connectivity index (χ2n) is 3.81. The molecular weight excluding hydrogens is 260 g/mol. The van der Waals surface area contributed by atoms with Crippen LogP contribution in [-0.2, 0) is 0 Å². The van der Waals surface area contributed by atoms with E-state index in [1.807, 2.05) is 31.2 Å². The summed E-state index contributed by atoms with van der Waals surface area (Å²) in [6.45, 7) is 2.27. The summed E-state index contributed by atoms with van der Waals surface area (Å²) < 4.78 is 6.78. The van der Waals surface area contributed by atoms with Gasteiger partial charge in [0.1, 0.15) is 5.52 Å². The van der Waals surface area contributed by atoms with E-state index in [4.69, 9.17) is 10.6 Å². The number of hydrogen-bond acceptors (Lipinski definition) is 8. The summed E-state index contributed by atoms with van der Waals surface area (Å²) in [4.78, 5) is 12.3. The summed E-state index contributed by atoms with van der Waals surface area (Å²) in [6.07, 6.45) is 0. The van der Waals surface area contributed by atoms with E-state index in [0.29, 0.717) is 6.61 Å². The summed E-state index contributed by atoms with van der Waals surface area (Å²) in [6, 6.07) is 7.66. The molecule has 3 N–H and O–H groups in total. The molecule has 0 bridgehead atoms. The van der Waals surface area contributed by atoms with Gasteiger partial charge in [0.25, 0.3) is 5.95 Å². The van der Waals surface area contributed by atoms with Gasteiger partial charge in [-0.05, 0) is 19.1 Å². The lowest BCUT2D eigenvalue weighted by Crippen LogP contribution is -2.15. The number of benzene rings is 1. The molecule has 0 spiro atoms. The van der Waals surface area contributed by atoms with Gasteiger partial charge in [0.15, 0.2) is 0 Å². The summed E-state index contributed by atoms with van der Waals surface area (Å²) in [5.74, 6) is 5.82. The molecule has 3 aromatic rings. The lowest BCUT2D eigenvalue weighted by Gasteiger charge is -2.06. The smallest absolute Gasteiger partial charge is 0.323 e. The maximum absolute atomic E-state index is 5.35. The number of nitrogens with zero attached hydrogens (tertiary/aromatic N) is 6. The molecule has 9 heteroatoms. The van der Waals surface area contributed by atoms with Crippen LogP contribution >= 0.6 is 0 Å². The predicted molar refractivity (Wildman–Crippen MR) is 71.2 cm³/mol. The van der Waals surface area contributed by atoms with Gasteiger partial charge in [-0.2, -0.15) is 19.6 Å². The second kappa shape index (κ2) is 5.05. The van der Waals surface area contributed by atoms with Crippen LogP contribution in [0.15, 0.2) is 24.3 Å². The quantitative estimate of drug-likeness (QED) is 0.514. The Bertz CT molecular complexity index is 740. The molecule has 1 aromatic carbocycles. The van der Waals surface area contributed by atoms with Crippen LogP contribution in [-0.4, -0.2) is 36.6 Å². The number of hydrogen-bond donors (Lipinski definition) is 2. The maximum atomic E-state index is 5.35. The number of nitrogen functional groups attached to an aromatic ring is 1. The van der Waals surface area contributed by atoms with Gasteiger partial charge in [-0.25, -0.2) is 5.84 Å². The first kappa shape index (κ1) is 12.2. The largest absolute Gasteiger partial charge is 0.464 e. The van der Waals surface area contributed by atoms with Crippen molar-refractivity contribution in [3.05, 3.63) is 24.3 Å². The van der Waals surface area contributed by atoms with Gasteiger partial charge in [0.05, 0.1) is 12.1 Å². The Morgan fingerprint density at radius 1 is 1.25 bits per heavy atom. The fraction of sp³-hybridized carbons (Fsp3) is 0.182. The van der Waals surface area contributed by atoms with E-state index >= 15 is 0 Å². The molecule has 20 heavy (non-hydrogen) atoms. The van der Waals surface area contributed by atoms with Gasteiger partial charge in [-0.1, -0.05) is 17.3 Å². The first-order chi connectivity index (χ1) is 9.81. The number of nitrogens with two attached hydrogens (primary N) is 1. The molecule has 3 rings (SSSR count). The van der Waals surface area contributed by atoms with Crippen LogP contribution in [0.3, 0.4) is 0 Å². The highest BCUT2D eigenvalue weighted by atomic mass is 16.5. The highest BCUT2D eigenvalue weighted by Gasteiger charge is 2.12. The Morgan fingerprint density at radius 2 is 2.10 bits per heavy atom. The molecule has 0 aliphatic heterocycles. The summed E-state index contributed by atoms with van der Waals surface area (Å²) in [5, 5.41) is 8.08. The van der Waals surface area contributed by atoms with Crippen LogP contribution in [0.1, 0.15) is 6.92 Å². The number of hydrazine groups is 1. The first-order valence-electron chi connectivity index (χ1n) is 5.98. The molecule has 0 unspecified atom stereocenters. The number of anilines is 1. The standard InChI is InChI=1S/C11H12N8O/c1-2-20-11-14-9(16-12)13-10(15-11)19-8-6-4-3-5-7(8)17-18-19/h3-6H,2,12H2,1H3,(H,13,14,15,16). The van der Waals surface area contributed by atoms with E-state index in [2.05, 4.69) is 30.7 Å². The third-order valence-corrected chi connectivity index (χ3v) is 2.55. The summed E-state index contributed by atoms with van der Waals surface area (Å²) in [5.41, 5.74) is 3.90. The number of rotatable bonds is 4. The monoisotopic (exact) mass is 272 g/mol. The highest BCUT2D eigenvalue weighted by Crippen LogP contribution is 2.15. The minimum absolute atomic E-state index is 0.171. The first-order valence-corrected chi connectivity index (χ1v) is 5.98. The number of fused-ring (bicyclic) bond motifs is 1. The van der Waals surface area contributed by atoms with Crippen LogP contribution in [0, 0.1) is 0 Å². The van der Waals surface area contributed by atoms with Gasteiger partial charge in [-0.15, -0.1) is 5.10 Å². The van der Waals surface area contributed by atoms with Gasteiger partial charge in [-0.3, -0.25) is 5.43 Å². The molecule has 0 aliphatic carbocycles. The zero-order valence-corrected chi connectivity index (χ0v) is 10.7. The van der Waals surface area contributed by atoms with Crippen LogP contribution in [0.4, 0.5) is 5.95 Å². The van der Waals surface area contributed by atoms with E-state index < -0.39 is 0 Å². The number of aromatic nitrogens is 6. The Balaban J connectivity index is 2.15. The third kappa shape index (κ3) is 2.10. The average Bonchev–Trinajstić information content (AvgIpc) is 2.91. The molecule has 2 aromatic heterocycles. The van der Waals surface area contributed by atoms with Crippen molar-refractivity contribution in [3.63, 3.8) is 0 Å². The Hall–Kier alpha value is -2.81. The van der Waals surface area contributed by atoms with Gasteiger partial charge in [0.2, 0.25) is 5.95 Å². The van der Waals surface area contributed by atoms with Crippen LogP contribution in [0.5, 0.6) is 6.01 Å². The van der Waals surface area contributed by atoms with E-state index in [-0.39, 0.29) is 17.9 Å². The van der Waals surface area contributed by atoms with Crippen molar-refractivity contribution in [1.29, 1.82) is 0 Å². The van der Waals surface area contributed by atoms with Crippen molar-refractivity contribution < 1.29 is 4.74 Å². The lowest BCUT2D eigenvalue weighted by atomic mass is 10.3. The summed E-state index contributed by atoms with van der Waals surface area (Å²) in [7, 11) is 0. The van der Waals surface area contributed by atoms with Gasteiger partial charge >= 0.3 is 6.01 Å².